The van der Waals surface area contributed by atoms with Gasteiger partial charge in [-0.2, -0.15) is 0 Å². The van der Waals surface area contributed by atoms with E-state index in [9.17, 15) is 0 Å². The fourth-order valence-corrected chi connectivity index (χ4v) is 10.3. The second-order valence-electron chi connectivity index (χ2n) is 17.6. The summed E-state index contributed by atoms with van der Waals surface area (Å²) in [6, 6.07) is 82.5. The monoisotopic (exact) mass is 804 g/mol. The van der Waals surface area contributed by atoms with Crippen LogP contribution in [0.25, 0.3) is 88.3 Å². The van der Waals surface area contributed by atoms with E-state index in [0.717, 1.165) is 21.9 Å². The van der Waals surface area contributed by atoms with Crippen LogP contribution in [0.2, 0.25) is 0 Å². The van der Waals surface area contributed by atoms with Gasteiger partial charge in [0.2, 0.25) is 0 Å². The van der Waals surface area contributed by atoms with Gasteiger partial charge >= 0.3 is 0 Å². The molecule has 1 nitrogen and oxygen atoms in total. The molecule has 0 saturated heterocycles. The van der Waals surface area contributed by atoms with Gasteiger partial charge in [0, 0.05) is 22.1 Å². The van der Waals surface area contributed by atoms with Crippen molar-refractivity contribution < 1.29 is 4.42 Å². The van der Waals surface area contributed by atoms with Crippen molar-refractivity contribution >= 4 is 32.7 Å². The number of para-hydroxylation sites is 1. The van der Waals surface area contributed by atoms with Crippen LogP contribution in [-0.2, 0) is 5.41 Å². The summed E-state index contributed by atoms with van der Waals surface area (Å²) in [7, 11) is 0. The molecule has 0 spiro atoms. The van der Waals surface area contributed by atoms with E-state index in [2.05, 4.69) is 226 Å². The number of fused-ring (bicyclic) bond motifs is 7. The molecule has 1 atom stereocenters. The second kappa shape index (κ2) is 14.7. The summed E-state index contributed by atoms with van der Waals surface area (Å²) in [6.45, 7) is 4.78. The van der Waals surface area contributed by atoms with Crippen LogP contribution in [-0.4, -0.2) is 0 Å². The first-order valence-corrected chi connectivity index (χ1v) is 22.0. The smallest absolute Gasteiger partial charge is 0.136 e. The van der Waals surface area contributed by atoms with E-state index in [4.69, 9.17) is 4.42 Å². The molecule has 0 N–H and O–H groups in total. The van der Waals surface area contributed by atoms with Gasteiger partial charge in [-0.15, -0.1) is 0 Å². The quantitative estimate of drug-likeness (QED) is 0.146. The Morgan fingerprint density at radius 1 is 0.317 bits per heavy atom. The molecule has 1 heterocycles. The van der Waals surface area contributed by atoms with Crippen LogP contribution < -0.4 is 0 Å². The standard InChI is InChI=1S/C62H44O/c1-62(2)57-37-48(49-32-36-56-55-16-8-9-18-59(55)63-60(56)39-49)31-34-53(57)54-35-33-50(38-58(54)62)61(47-29-25-45(26-30-47)52-17-10-14-44-13-6-7-15-51(44)52)46-27-23-43(24-28-46)42-21-19-41(20-22-42)40-11-4-3-5-12-40/h3-39,61H,1-2H3. The van der Waals surface area contributed by atoms with Crippen molar-refractivity contribution in [2.24, 2.45) is 0 Å². The summed E-state index contributed by atoms with van der Waals surface area (Å²) in [5.41, 5.74) is 20.6. The van der Waals surface area contributed by atoms with Gasteiger partial charge in [-0.25, -0.2) is 0 Å². The molecule has 12 rings (SSSR count). The third-order valence-corrected chi connectivity index (χ3v) is 13.7. The van der Waals surface area contributed by atoms with Crippen molar-refractivity contribution in [1.29, 1.82) is 0 Å². The largest absolute Gasteiger partial charge is 0.456 e. The molecule has 0 radical (unpaired) electrons. The van der Waals surface area contributed by atoms with Crippen molar-refractivity contribution in [2.45, 2.75) is 25.2 Å². The van der Waals surface area contributed by atoms with E-state index < -0.39 is 0 Å². The average Bonchev–Trinajstić information content (AvgIpc) is 3.83. The van der Waals surface area contributed by atoms with Gasteiger partial charge in [0.1, 0.15) is 11.2 Å². The van der Waals surface area contributed by atoms with Crippen LogP contribution in [0.15, 0.2) is 229 Å². The summed E-state index contributed by atoms with van der Waals surface area (Å²) in [6.07, 6.45) is 0. The molecule has 298 valence electrons. The molecule has 1 aliphatic rings. The fourth-order valence-electron chi connectivity index (χ4n) is 10.3. The zero-order chi connectivity index (χ0) is 42.1. The lowest BCUT2D eigenvalue weighted by atomic mass is 9.78. The minimum absolute atomic E-state index is 0.0389. The molecule has 1 aromatic heterocycles. The van der Waals surface area contributed by atoms with Gasteiger partial charge in [0.25, 0.3) is 0 Å². The molecule has 1 aliphatic carbocycles. The van der Waals surface area contributed by atoms with E-state index in [-0.39, 0.29) is 11.3 Å². The lowest BCUT2D eigenvalue weighted by Crippen LogP contribution is -2.16. The molecule has 0 fully saturated rings. The van der Waals surface area contributed by atoms with E-state index in [0.29, 0.717) is 0 Å². The van der Waals surface area contributed by atoms with Crippen molar-refractivity contribution in [3.63, 3.8) is 0 Å². The highest BCUT2D eigenvalue weighted by molar-refractivity contribution is 6.06. The van der Waals surface area contributed by atoms with Gasteiger partial charge in [-0.05, 0) is 118 Å². The molecule has 0 amide bonds. The number of hydrogen-bond acceptors (Lipinski definition) is 1. The molecule has 1 unspecified atom stereocenters. The highest BCUT2D eigenvalue weighted by atomic mass is 16.3. The maximum absolute atomic E-state index is 6.30. The molecular weight excluding hydrogens is 761 g/mol. The molecular formula is C62H44O. The van der Waals surface area contributed by atoms with E-state index >= 15 is 0 Å². The van der Waals surface area contributed by atoms with Gasteiger partial charge in [-0.1, -0.05) is 214 Å². The topological polar surface area (TPSA) is 13.1 Å². The maximum atomic E-state index is 6.30. The number of rotatable bonds is 7. The highest BCUT2D eigenvalue weighted by Gasteiger charge is 2.36. The Balaban J connectivity index is 0.919. The zero-order valence-corrected chi connectivity index (χ0v) is 35.3. The SMILES string of the molecule is CC1(C)c2cc(-c3ccc4c(c3)oc3ccccc34)ccc2-c2ccc(C(c3ccc(-c4ccc(-c5ccccc5)cc4)cc3)c3ccc(-c4cccc5ccccc45)cc3)cc21. The first-order chi connectivity index (χ1) is 31.0. The van der Waals surface area contributed by atoms with Crippen molar-refractivity contribution in [3.8, 4) is 55.6 Å². The highest BCUT2D eigenvalue weighted by Crippen LogP contribution is 2.51. The summed E-state index contributed by atoms with van der Waals surface area (Å²) >= 11 is 0. The summed E-state index contributed by atoms with van der Waals surface area (Å²) in [5, 5.41) is 4.84. The molecule has 0 aliphatic heterocycles. The molecule has 10 aromatic carbocycles. The Labute approximate surface area is 368 Å². The Morgan fingerprint density at radius 3 is 1.54 bits per heavy atom. The van der Waals surface area contributed by atoms with Crippen molar-refractivity contribution in [2.75, 3.05) is 0 Å². The van der Waals surface area contributed by atoms with Gasteiger partial charge in [0.15, 0.2) is 0 Å². The normalized spacial score (nSPS) is 13.3. The third-order valence-electron chi connectivity index (χ3n) is 13.7. The van der Waals surface area contributed by atoms with Crippen LogP contribution in [0.5, 0.6) is 0 Å². The molecule has 0 bridgehead atoms. The fraction of sp³-hybridized carbons (Fsp3) is 0.0645. The Hall–Kier alpha value is -7.74. The zero-order valence-electron chi connectivity index (χ0n) is 35.3. The third kappa shape index (κ3) is 6.31. The molecule has 63 heavy (non-hydrogen) atoms. The van der Waals surface area contributed by atoms with E-state index in [1.807, 2.05) is 12.1 Å². The van der Waals surface area contributed by atoms with Crippen LogP contribution in [0.3, 0.4) is 0 Å². The Morgan fingerprint density at radius 2 is 0.810 bits per heavy atom. The molecule has 0 saturated carbocycles. The van der Waals surface area contributed by atoms with Crippen LogP contribution in [0.1, 0.15) is 47.6 Å². The maximum Gasteiger partial charge on any atom is 0.136 e. The first-order valence-electron chi connectivity index (χ1n) is 22.0. The molecule has 11 aromatic rings. The van der Waals surface area contributed by atoms with Crippen molar-refractivity contribution in [3.05, 3.63) is 252 Å². The predicted molar refractivity (Wildman–Crippen MR) is 264 cm³/mol. The Bertz CT molecular complexity index is 3490. The van der Waals surface area contributed by atoms with Crippen LogP contribution in [0.4, 0.5) is 0 Å². The predicted octanol–water partition coefficient (Wildman–Crippen LogP) is 16.9. The van der Waals surface area contributed by atoms with Gasteiger partial charge in [-0.3, -0.25) is 0 Å². The lowest BCUT2D eigenvalue weighted by molar-refractivity contribution is 0.659. The minimum atomic E-state index is -0.196. The summed E-state index contributed by atoms with van der Waals surface area (Å²) in [4.78, 5) is 0. The van der Waals surface area contributed by atoms with E-state index in [1.165, 1.54) is 94.2 Å². The van der Waals surface area contributed by atoms with Gasteiger partial charge in [0.05, 0.1) is 0 Å². The van der Waals surface area contributed by atoms with Crippen LogP contribution >= 0.6 is 0 Å². The average molecular weight is 805 g/mol. The summed E-state index contributed by atoms with van der Waals surface area (Å²) < 4.78 is 6.30. The van der Waals surface area contributed by atoms with E-state index in [1.54, 1.807) is 0 Å². The first kappa shape index (κ1) is 37.1. The summed E-state index contributed by atoms with van der Waals surface area (Å²) in [5.74, 6) is 0.0389. The van der Waals surface area contributed by atoms with Crippen molar-refractivity contribution in [1.82, 2.24) is 0 Å². The Kier molecular flexibility index (Phi) is 8.66. The molecule has 1 heteroatoms. The number of furan rings is 1. The number of benzene rings is 10. The van der Waals surface area contributed by atoms with Crippen LogP contribution in [0, 0.1) is 0 Å². The lowest BCUT2D eigenvalue weighted by Gasteiger charge is -2.25. The second-order valence-corrected chi connectivity index (χ2v) is 17.6. The number of hydrogen-bond donors (Lipinski definition) is 0. The van der Waals surface area contributed by atoms with Gasteiger partial charge < -0.3 is 4.42 Å². The minimum Gasteiger partial charge on any atom is -0.456 e.